The fourth-order valence-corrected chi connectivity index (χ4v) is 3.93. The lowest BCUT2D eigenvalue weighted by Crippen LogP contribution is -2.15. The molecular formula is C26H28N4O3. The van der Waals surface area contributed by atoms with Crippen LogP contribution in [0.3, 0.4) is 0 Å². The van der Waals surface area contributed by atoms with Gasteiger partial charge in [0.15, 0.2) is 5.65 Å². The lowest BCUT2D eigenvalue weighted by Gasteiger charge is -2.08. The predicted octanol–water partition coefficient (Wildman–Crippen LogP) is 5.15. The van der Waals surface area contributed by atoms with Crippen LogP contribution in [0.4, 0.5) is 5.69 Å². The van der Waals surface area contributed by atoms with Gasteiger partial charge in [-0.1, -0.05) is 12.1 Å². The molecule has 0 aliphatic carbocycles. The second-order valence-electron chi connectivity index (χ2n) is 7.81. The second kappa shape index (κ2) is 9.73. The van der Waals surface area contributed by atoms with Gasteiger partial charge < -0.3 is 14.8 Å². The Morgan fingerprint density at radius 1 is 1.09 bits per heavy atom. The number of fused-ring (bicyclic) bond motifs is 1. The van der Waals surface area contributed by atoms with Gasteiger partial charge in [0.1, 0.15) is 17.2 Å². The summed E-state index contributed by atoms with van der Waals surface area (Å²) >= 11 is 0. The van der Waals surface area contributed by atoms with E-state index in [1.54, 1.807) is 7.11 Å². The van der Waals surface area contributed by atoms with E-state index in [-0.39, 0.29) is 12.3 Å². The van der Waals surface area contributed by atoms with Gasteiger partial charge in [0.2, 0.25) is 5.91 Å². The van der Waals surface area contributed by atoms with Gasteiger partial charge in [-0.3, -0.25) is 4.79 Å². The van der Waals surface area contributed by atoms with Crippen LogP contribution in [0.15, 0.2) is 54.6 Å². The number of nitrogens with zero attached hydrogens (tertiary/aromatic N) is 3. The third kappa shape index (κ3) is 4.82. The van der Waals surface area contributed by atoms with Crippen LogP contribution in [0.5, 0.6) is 11.5 Å². The minimum absolute atomic E-state index is 0.0916. The molecule has 0 spiro atoms. The molecule has 7 heteroatoms. The van der Waals surface area contributed by atoms with Gasteiger partial charge in [-0.25, -0.2) is 9.67 Å². The highest BCUT2D eigenvalue weighted by Crippen LogP contribution is 2.35. The number of hydrogen-bond donors (Lipinski definition) is 1. The summed E-state index contributed by atoms with van der Waals surface area (Å²) in [7, 11) is 1.65. The quantitative estimate of drug-likeness (QED) is 0.407. The number of nitrogens with one attached hydrogen (secondary N) is 1. The summed E-state index contributed by atoms with van der Waals surface area (Å²) in [5.74, 6) is 1.43. The molecule has 0 radical (unpaired) electrons. The number of amides is 1. The Morgan fingerprint density at radius 3 is 2.58 bits per heavy atom. The molecule has 0 bridgehead atoms. The number of para-hydroxylation sites is 1. The Morgan fingerprint density at radius 2 is 1.85 bits per heavy atom. The molecule has 0 atom stereocenters. The molecule has 2 aromatic carbocycles. The molecule has 0 saturated heterocycles. The zero-order valence-corrected chi connectivity index (χ0v) is 19.4. The molecule has 0 fully saturated rings. The van der Waals surface area contributed by atoms with Crippen LogP contribution < -0.4 is 14.8 Å². The maximum Gasteiger partial charge on any atom is 0.226 e. The van der Waals surface area contributed by atoms with Gasteiger partial charge in [-0.2, -0.15) is 5.10 Å². The molecule has 170 valence electrons. The average Bonchev–Trinajstić information content (AvgIpc) is 3.17. The zero-order valence-electron chi connectivity index (χ0n) is 19.4. The van der Waals surface area contributed by atoms with Crippen molar-refractivity contribution < 1.29 is 14.3 Å². The number of benzene rings is 2. The van der Waals surface area contributed by atoms with Crippen molar-refractivity contribution in [3.63, 3.8) is 0 Å². The van der Waals surface area contributed by atoms with E-state index in [0.717, 1.165) is 50.7 Å². The Labute approximate surface area is 193 Å². The van der Waals surface area contributed by atoms with Crippen LogP contribution in [0.2, 0.25) is 0 Å². The molecule has 0 aliphatic rings. The van der Waals surface area contributed by atoms with E-state index in [2.05, 4.69) is 12.2 Å². The number of hydrogen-bond acceptors (Lipinski definition) is 5. The smallest absolute Gasteiger partial charge is 0.226 e. The number of ether oxygens (including phenoxy) is 2. The van der Waals surface area contributed by atoms with Crippen molar-refractivity contribution in [1.82, 2.24) is 14.8 Å². The van der Waals surface area contributed by atoms with Gasteiger partial charge in [-0.15, -0.1) is 0 Å². The Kier molecular flexibility index (Phi) is 6.58. The van der Waals surface area contributed by atoms with Crippen LogP contribution in [0, 0.1) is 13.8 Å². The first-order chi connectivity index (χ1) is 16.0. The maximum absolute atomic E-state index is 12.6. The Balaban J connectivity index is 1.59. The van der Waals surface area contributed by atoms with Crippen LogP contribution in [-0.4, -0.2) is 34.4 Å². The molecule has 33 heavy (non-hydrogen) atoms. The molecule has 7 nitrogen and oxygen atoms in total. The first-order valence-corrected chi connectivity index (χ1v) is 11.0. The number of rotatable bonds is 8. The largest absolute Gasteiger partial charge is 0.496 e. The van der Waals surface area contributed by atoms with Crippen molar-refractivity contribution in [2.75, 3.05) is 19.0 Å². The minimum atomic E-state index is -0.0916. The molecular weight excluding hydrogens is 416 g/mol. The number of carbonyl (C=O) groups is 1. The Hall–Kier alpha value is -3.87. The van der Waals surface area contributed by atoms with E-state index in [1.807, 2.05) is 73.1 Å². The summed E-state index contributed by atoms with van der Waals surface area (Å²) in [5.41, 5.74) is 5.20. The normalized spacial score (nSPS) is 10.9. The predicted molar refractivity (Wildman–Crippen MR) is 130 cm³/mol. The third-order valence-electron chi connectivity index (χ3n) is 5.39. The van der Waals surface area contributed by atoms with Crippen LogP contribution in [0.1, 0.15) is 24.6 Å². The monoisotopic (exact) mass is 444 g/mol. The number of pyridine rings is 1. The fourth-order valence-electron chi connectivity index (χ4n) is 3.93. The minimum Gasteiger partial charge on any atom is -0.496 e. The molecule has 0 aliphatic heterocycles. The third-order valence-corrected chi connectivity index (χ3v) is 5.39. The van der Waals surface area contributed by atoms with Gasteiger partial charge in [-0.05, 0) is 68.8 Å². The SMILES string of the molecule is CCOc1ccc(NC(=O)CCn2nc(-c3ccccc3OC)c3c(C)cc(C)nc32)cc1. The molecule has 2 heterocycles. The number of anilines is 1. The summed E-state index contributed by atoms with van der Waals surface area (Å²) in [5, 5.41) is 8.76. The number of carbonyl (C=O) groups excluding carboxylic acids is 1. The first kappa shape index (κ1) is 22.3. The Bertz CT molecular complexity index is 1280. The zero-order chi connectivity index (χ0) is 23.4. The fraction of sp³-hybridized carbons (Fsp3) is 0.269. The summed E-state index contributed by atoms with van der Waals surface area (Å²) in [6.45, 7) is 6.97. The highest BCUT2D eigenvalue weighted by molar-refractivity contribution is 5.95. The number of aromatic nitrogens is 3. The lowest BCUT2D eigenvalue weighted by atomic mass is 10.0. The van der Waals surface area contributed by atoms with Gasteiger partial charge in [0, 0.05) is 23.4 Å². The van der Waals surface area contributed by atoms with Gasteiger partial charge in [0.25, 0.3) is 0 Å². The van der Waals surface area contributed by atoms with E-state index in [4.69, 9.17) is 19.6 Å². The number of aryl methyl sites for hydroxylation is 3. The first-order valence-electron chi connectivity index (χ1n) is 11.0. The van der Waals surface area contributed by atoms with Crippen molar-refractivity contribution in [1.29, 1.82) is 0 Å². The standard InChI is InChI=1S/C26H28N4O3/c1-5-33-20-12-10-19(11-13-20)28-23(31)14-15-30-26-24(17(2)16-18(3)27-26)25(29-30)21-8-6-7-9-22(21)32-4/h6-13,16H,5,14-15H2,1-4H3,(H,28,31). The summed E-state index contributed by atoms with van der Waals surface area (Å²) in [4.78, 5) is 17.4. The van der Waals surface area contributed by atoms with Crippen molar-refractivity contribution >= 4 is 22.6 Å². The number of methoxy groups -OCH3 is 1. The van der Waals surface area contributed by atoms with Crippen LogP contribution in [0.25, 0.3) is 22.3 Å². The highest BCUT2D eigenvalue weighted by Gasteiger charge is 2.19. The molecule has 4 rings (SSSR count). The van der Waals surface area contributed by atoms with Crippen molar-refractivity contribution in [2.45, 2.75) is 33.7 Å². The molecule has 0 saturated carbocycles. The van der Waals surface area contributed by atoms with E-state index >= 15 is 0 Å². The van der Waals surface area contributed by atoms with Crippen LogP contribution in [-0.2, 0) is 11.3 Å². The maximum atomic E-state index is 12.6. The lowest BCUT2D eigenvalue weighted by molar-refractivity contribution is -0.116. The molecule has 1 amide bonds. The van der Waals surface area contributed by atoms with Crippen LogP contribution >= 0.6 is 0 Å². The summed E-state index contributed by atoms with van der Waals surface area (Å²) < 4.78 is 12.8. The molecule has 4 aromatic rings. The van der Waals surface area contributed by atoms with Gasteiger partial charge in [0.05, 0.1) is 25.6 Å². The second-order valence-corrected chi connectivity index (χ2v) is 7.81. The summed E-state index contributed by atoms with van der Waals surface area (Å²) in [6.07, 6.45) is 0.268. The molecule has 0 unspecified atom stereocenters. The highest BCUT2D eigenvalue weighted by atomic mass is 16.5. The van der Waals surface area contributed by atoms with Crippen molar-refractivity contribution in [2.24, 2.45) is 0 Å². The molecule has 2 aromatic heterocycles. The van der Waals surface area contributed by atoms with Crippen molar-refractivity contribution in [3.05, 3.63) is 65.9 Å². The van der Waals surface area contributed by atoms with E-state index in [9.17, 15) is 4.79 Å². The average molecular weight is 445 g/mol. The van der Waals surface area contributed by atoms with Gasteiger partial charge >= 0.3 is 0 Å². The van der Waals surface area contributed by atoms with Crippen molar-refractivity contribution in [3.8, 4) is 22.8 Å². The van der Waals surface area contributed by atoms with E-state index in [1.165, 1.54) is 0 Å². The molecule has 1 N–H and O–H groups in total. The van der Waals surface area contributed by atoms with E-state index < -0.39 is 0 Å². The van der Waals surface area contributed by atoms with E-state index in [0.29, 0.717) is 13.2 Å². The summed E-state index contributed by atoms with van der Waals surface area (Å²) in [6, 6.07) is 17.2. The topological polar surface area (TPSA) is 78.3 Å².